The van der Waals surface area contributed by atoms with Crippen molar-refractivity contribution in [2.24, 2.45) is 17.1 Å². The lowest BCUT2D eigenvalue weighted by Crippen LogP contribution is -2.30. The molecule has 0 radical (unpaired) electrons. The normalized spacial score (nSPS) is 14.3. The van der Waals surface area contributed by atoms with E-state index < -0.39 is 5.97 Å². The molecule has 15 heavy (non-hydrogen) atoms. The predicted molar refractivity (Wildman–Crippen MR) is 62.7 cm³/mol. The fraction of sp³-hybridized carbons (Fsp3) is 0.917. The van der Waals surface area contributed by atoms with Crippen LogP contribution in [-0.4, -0.2) is 17.1 Å². The van der Waals surface area contributed by atoms with Gasteiger partial charge in [0.1, 0.15) is 0 Å². The molecule has 0 amide bonds. The zero-order chi connectivity index (χ0) is 12.1. The minimum absolute atomic E-state index is 0.0745. The Kier molecular flexibility index (Phi) is 5.88. The van der Waals surface area contributed by atoms with Crippen molar-refractivity contribution >= 4 is 5.97 Å². The van der Waals surface area contributed by atoms with Crippen LogP contribution in [0, 0.1) is 11.3 Å². The highest BCUT2D eigenvalue weighted by molar-refractivity contribution is 5.67. The van der Waals surface area contributed by atoms with Gasteiger partial charge < -0.3 is 10.8 Å². The van der Waals surface area contributed by atoms with E-state index in [-0.39, 0.29) is 17.9 Å². The van der Waals surface area contributed by atoms with Crippen molar-refractivity contribution < 1.29 is 9.90 Å². The maximum Gasteiger partial charge on any atom is 0.304 e. The van der Waals surface area contributed by atoms with Crippen LogP contribution in [-0.2, 0) is 4.79 Å². The van der Waals surface area contributed by atoms with Crippen molar-refractivity contribution in [3.05, 3.63) is 0 Å². The first-order valence-corrected chi connectivity index (χ1v) is 5.70. The molecule has 1 unspecified atom stereocenters. The summed E-state index contributed by atoms with van der Waals surface area (Å²) in [4.78, 5) is 10.5. The van der Waals surface area contributed by atoms with Gasteiger partial charge in [-0.05, 0) is 24.2 Å². The second kappa shape index (κ2) is 6.11. The quantitative estimate of drug-likeness (QED) is 0.686. The van der Waals surface area contributed by atoms with Gasteiger partial charge in [-0.3, -0.25) is 4.79 Å². The minimum atomic E-state index is -0.804. The Hall–Kier alpha value is -0.570. The Bertz CT molecular complexity index is 200. The van der Waals surface area contributed by atoms with Crippen LogP contribution in [0.1, 0.15) is 53.4 Å². The van der Waals surface area contributed by atoms with Crippen LogP contribution < -0.4 is 5.73 Å². The van der Waals surface area contributed by atoms with Crippen LogP contribution in [0.25, 0.3) is 0 Å². The summed E-state index contributed by atoms with van der Waals surface area (Å²) in [6.07, 6.45) is 3.14. The van der Waals surface area contributed by atoms with E-state index in [9.17, 15) is 4.79 Å². The summed E-state index contributed by atoms with van der Waals surface area (Å²) >= 11 is 0. The molecule has 0 aliphatic heterocycles. The Labute approximate surface area is 93.0 Å². The average Bonchev–Trinajstić information content (AvgIpc) is 1.98. The number of carbonyl (C=O) groups is 1. The Morgan fingerprint density at radius 1 is 1.40 bits per heavy atom. The van der Waals surface area contributed by atoms with Crippen molar-refractivity contribution in [3.8, 4) is 0 Å². The molecule has 0 aromatic carbocycles. The van der Waals surface area contributed by atoms with E-state index in [4.69, 9.17) is 10.8 Å². The molecule has 0 aromatic heterocycles. The lowest BCUT2D eigenvalue weighted by Gasteiger charge is -2.28. The summed E-state index contributed by atoms with van der Waals surface area (Å²) in [6, 6.07) is -0.218. The van der Waals surface area contributed by atoms with E-state index in [1.807, 2.05) is 0 Å². The number of rotatable bonds is 7. The Morgan fingerprint density at radius 3 is 2.33 bits per heavy atom. The second-order valence-corrected chi connectivity index (χ2v) is 5.66. The van der Waals surface area contributed by atoms with Crippen LogP contribution in [0.15, 0.2) is 0 Å². The number of hydrogen-bond acceptors (Lipinski definition) is 2. The van der Waals surface area contributed by atoms with E-state index >= 15 is 0 Å². The number of nitrogens with two attached hydrogens (primary N) is 1. The highest BCUT2D eigenvalue weighted by Crippen LogP contribution is 2.30. The monoisotopic (exact) mass is 215 g/mol. The standard InChI is InChI=1S/C12H25NO2/c1-9(2)5-6-12(3,4)8-10(13)7-11(14)15/h9-10H,5-8,13H2,1-4H3,(H,14,15). The zero-order valence-corrected chi connectivity index (χ0v) is 10.4. The topological polar surface area (TPSA) is 63.3 Å². The largest absolute Gasteiger partial charge is 0.481 e. The first-order chi connectivity index (χ1) is 6.73. The van der Waals surface area contributed by atoms with Gasteiger partial charge in [0, 0.05) is 6.04 Å². The molecule has 0 rings (SSSR count). The van der Waals surface area contributed by atoms with Crippen molar-refractivity contribution in [2.45, 2.75) is 59.4 Å². The fourth-order valence-corrected chi connectivity index (χ4v) is 1.79. The molecule has 90 valence electrons. The number of carboxylic acid groups (broad SMARTS) is 1. The third-order valence-corrected chi connectivity index (χ3v) is 2.65. The minimum Gasteiger partial charge on any atom is -0.481 e. The van der Waals surface area contributed by atoms with E-state index in [0.717, 1.165) is 12.8 Å². The molecule has 3 nitrogen and oxygen atoms in total. The molecule has 0 saturated heterocycles. The third-order valence-electron chi connectivity index (χ3n) is 2.65. The average molecular weight is 215 g/mol. The van der Waals surface area contributed by atoms with Gasteiger partial charge in [0.25, 0.3) is 0 Å². The highest BCUT2D eigenvalue weighted by atomic mass is 16.4. The molecule has 0 aliphatic rings. The fourth-order valence-electron chi connectivity index (χ4n) is 1.79. The van der Waals surface area contributed by atoms with Crippen molar-refractivity contribution in [2.75, 3.05) is 0 Å². The summed E-state index contributed by atoms with van der Waals surface area (Å²) in [6.45, 7) is 8.73. The molecule has 0 aromatic rings. The Morgan fingerprint density at radius 2 is 1.93 bits per heavy atom. The SMILES string of the molecule is CC(C)CCC(C)(C)CC(N)CC(=O)O. The van der Waals surface area contributed by atoms with Gasteiger partial charge in [0.2, 0.25) is 0 Å². The van der Waals surface area contributed by atoms with Crippen LogP contribution in [0.5, 0.6) is 0 Å². The summed E-state index contributed by atoms with van der Waals surface area (Å²) in [7, 11) is 0. The van der Waals surface area contributed by atoms with Crippen LogP contribution >= 0.6 is 0 Å². The van der Waals surface area contributed by atoms with Gasteiger partial charge in [-0.15, -0.1) is 0 Å². The molecule has 0 fully saturated rings. The van der Waals surface area contributed by atoms with Crippen molar-refractivity contribution in [1.82, 2.24) is 0 Å². The lowest BCUT2D eigenvalue weighted by atomic mass is 9.79. The van der Waals surface area contributed by atoms with Gasteiger partial charge in [0.05, 0.1) is 6.42 Å². The highest BCUT2D eigenvalue weighted by Gasteiger charge is 2.22. The summed E-state index contributed by atoms with van der Waals surface area (Å²) < 4.78 is 0. The van der Waals surface area contributed by atoms with E-state index in [1.165, 1.54) is 6.42 Å². The smallest absolute Gasteiger partial charge is 0.304 e. The molecule has 3 N–H and O–H groups in total. The van der Waals surface area contributed by atoms with Gasteiger partial charge in [-0.1, -0.05) is 34.1 Å². The van der Waals surface area contributed by atoms with Crippen molar-refractivity contribution in [3.63, 3.8) is 0 Å². The predicted octanol–water partition coefficient (Wildman–Crippen LogP) is 2.64. The van der Waals surface area contributed by atoms with Gasteiger partial charge in [-0.2, -0.15) is 0 Å². The number of carboxylic acids is 1. The summed E-state index contributed by atoms with van der Waals surface area (Å²) in [5.74, 6) is -0.109. The van der Waals surface area contributed by atoms with Crippen LogP contribution in [0.3, 0.4) is 0 Å². The second-order valence-electron chi connectivity index (χ2n) is 5.66. The summed E-state index contributed by atoms with van der Waals surface area (Å²) in [5, 5.41) is 8.62. The summed E-state index contributed by atoms with van der Waals surface area (Å²) in [5.41, 5.74) is 5.94. The first-order valence-electron chi connectivity index (χ1n) is 5.70. The number of aliphatic carboxylic acids is 1. The molecule has 1 atom stereocenters. The van der Waals surface area contributed by atoms with E-state index in [0.29, 0.717) is 5.92 Å². The lowest BCUT2D eigenvalue weighted by molar-refractivity contribution is -0.137. The maximum absolute atomic E-state index is 10.5. The molecule has 0 heterocycles. The van der Waals surface area contributed by atoms with E-state index in [2.05, 4.69) is 27.7 Å². The van der Waals surface area contributed by atoms with Crippen molar-refractivity contribution in [1.29, 1.82) is 0 Å². The molecule has 3 heteroatoms. The Balaban J connectivity index is 3.95. The number of hydrogen-bond donors (Lipinski definition) is 2. The van der Waals surface area contributed by atoms with Crippen LogP contribution in [0.4, 0.5) is 0 Å². The molecule has 0 spiro atoms. The van der Waals surface area contributed by atoms with Crippen LogP contribution in [0.2, 0.25) is 0 Å². The molecule has 0 aliphatic carbocycles. The molecular weight excluding hydrogens is 190 g/mol. The van der Waals surface area contributed by atoms with Gasteiger partial charge >= 0.3 is 5.97 Å². The zero-order valence-electron chi connectivity index (χ0n) is 10.4. The molecule has 0 saturated carbocycles. The van der Waals surface area contributed by atoms with E-state index in [1.54, 1.807) is 0 Å². The molecular formula is C12H25NO2. The first kappa shape index (κ1) is 14.4. The third kappa shape index (κ3) is 8.43. The van der Waals surface area contributed by atoms with Gasteiger partial charge in [-0.25, -0.2) is 0 Å². The maximum atomic E-state index is 10.5. The van der Waals surface area contributed by atoms with Gasteiger partial charge in [0.15, 0.2) is 0 Å². The molecule has 0 bridgehead atoms.